The Bertz CT molecular complexity index is 1350. The minimum absolute atomic E-state index is 0.143. The molecule has 4 aromatic rings. The molecule has 0 bridgehead atoms. The van der Waals surface area contributed by atoms with Crippen LogP contribution in [0.5, 0.6) is 0 Å². The molecule has 3 aromatic carbocycles. The number of nitrogens with zero attached hydrogens (tertiary/aromatic N) is 3. The van der Waals surface area contributed by atoms with E-state index in [4.69, 9.17) is 16.6 Å². The maximum Gasteiger partial charge on any atom is 0.266 e. The van der Waals surface area contributed by atoms with Crippen LogP contribution >= 0.6 is 11.6 Å². The van der Waals surface area contributed by atoms with Crippen molar-refractivity contribution in [3.8, 4) is 5.69 Å². The molecule has 5 nitrogen and oxygen atoms in total. The van der Waals surface area contributed by atoms with Gasteiger partial charge in [-0.2, -0.15) is 0 Å². The molecule has 0 N–H and O–H groups in total. The number of carbonyl (C=O) groups is 1. The van der Waals surface area contributed by atoms with Crippen molar-refractivity contribution in [2.24, 2.45) is 0 Å². The summed E-state index contributed by atoms with van der Waals surface area (Å²) in [5, 5.41) is 1.11. The minimum Gasteiger partial charge on any atom is -0.329 e. The van der Waals surface area contributed by atoms with Gasteiger partial charge in [0.1, 0.15) is 5.82 Å². The van der Waals surface area contributed by atoms with Crippen LogP contribution in [-0.4, -0.2) is 26.9 Å². The normalized spacial score (nSPS) is 12.0. The van der Waals surface area contributed by atoms with Crippen LogP contribution in [0.4, 0.5) is 0 Å². The van der Waals surface area contributed by atoms with Crippen LogP contribution in [0.15, 0.2) is 77.6 Å². The third kappa shape index (κ3) is 3.92. The molecule has 0 fully saturated rings. The van der Waals surface area contributed by atoms with Crippen molar-refractivity contribution < 1.29 is 4.79 Å². The van der Waals surface area contributed by atoms with Gasteiger partial charge in [-0.25, -0.2) is 4.98 Å². The molecule has 1 aromatic heterocycles. The van der Waals surface area contributed by atoms with Crippen molar-refractivity contribution in [3.63, 3.8) is 0 Å². The van der Waals surface area contributed by atoms with E-state index in [0.29, 0.717) is 33.9 Å². The molecule has 0 saturated carbocycles. The molecule has 32 heavy (non-hydrogen) atoms. The topological polar surface area (TPSA) is 55.2 Å². The van der Waals surface area contributed by atoms with E-state index in [2.05, 4.69) is 0 Å². The van der Waals surface area contributed by atoms with E-state index in [0.717, 1.165) is 11.3 Å². The molecule has 0 saturated heterocycles. The molecule has 0 aliphatic carbocycles. The average molecular weight is 446 g/mol. The van der Waals surface area contributed by atoms with Gasteiger partial charge in [0.2, 0.25) is 0 Å². The zero-order valence-electron chi connectivity index (χ0n) is 18.2. The summed E-state index contributed by atoms with van der Waals surface area (Å²) in [5.74, 6) is 0.377. The molecule has 162 valence electrons. The largest absolute Gasteiger partial charge is 0.329 e. The van der Waals surface area contributed by atoms with E-state index in [-0.39, 0.29) is 11.5 Å². The molecular weight excluding hydrogens is 422 g/mol. The quantitative estimate of drug-likeness (QED) is 0.403. The number of para-hydroxylation sites is 2. The van der Waals surface area contributed by atoms with E-state index < -0.39 is 6.04 Å². The summed E-state index contributed by atoms with van der Waals surface area (Å²) in [6.45, 7) is 6.24. The second-order valence-corrected chi connectivity index (χ2v) is 8.12. The lowest BCUT2D eigenvalue weighted by molar-refractivity contribution is 0.0693. The van der Waals surface area contributed by atoms with Gasteiger partial charge in [-0.15, -0.1) is 0 Å². The van der Waals surface area contributed by atoms with Crippen molar-refractivity contribution in [3.05, 3.63) is 105 Å². The Hall–Kier alpha value is -3.44. The lowest BCUT2D eigenvalue weighted by atomic mass is 10.1. The average Bonchev–Trinajstić information content (AvgIpc) is 2.80. The van der Waals surface area contributed by atoms with Crippen LogP contribution in [0.2, 0.25) is 5.02 Å². The molecule has 1 unspecified atom stereocenters. The number of aromatic nitrogens is 2. The predicted octanol–water partition coefficient (Wildman–Crippen LogP) is 5.57. The summed E-state index contributed by atoms with van der Waals surface area (Å²) in [6.07, 6.45) is 0. The number of amides is 1. The van der Waals surface area contributed by atoms with Crippen LogP contribution in [0, 0.1) is 6.92 Å². The fourth-order valence-electron chi connectivity index (χ4n) is 3.97. The zero-order chi connectivity index (χ0) is 22.8. The highest BCUT2D eigenvalue weighted by atomic mass is 35.5. The Morgan fingerprint density at radius 1 is 1.03 bits per heavy atom. The summed E-state index contributed by atoms with van der Waals surface area (Å²) in [7, 11) is 0. The number of hydrogen-bond donors (Lipinski definition) is 0. The molecular formula is C26H24ClN3O2. The van der Waals surface area contributed by atoms with E-state index in [1.807, 2.05) is 63.2 Å². The Morgan fingerprint density at radius 2 is 1.69 bits per heavy atom. The third-order valence-corrected chi connectivity index (χ3v) is 5.94. The van der Waals surface area contributed by atoms with E-state index in [1.54, 1.807) is 39.8 Å². The highest BCUT2D eigenvalue weighted by Crippen LogP contribution is 2.25. The summed E-state index contributed by atoms with van der Waals surface area (Å²) in [6, 6.07) is 21.4. The van der Waals surface area contributed by atoms with Crippen molar-refractivity contribution in [1.29, 1.82) is 0 Å². The lowest BCUT2D eigenvalue weighted by Crippen LogP contribution is -2.37. The highest BCUT2D eigenvalue weighted by Gasteiger charge is 2.27. The second kappa shape index (κ2) is 8.97. The highest BCUT2D eigenvalue weighted by molar-refractivity contribution is 6.30. The standard InChI is InChI=1S/C26H24ClN3O2/c1-4-29(25(31)19-13-15-20(27)16-14-19)18(3)24-28-22-11-7-6-10-21(22)26(32)30(24)23-12-8-5-9-17(23)2/h5-16,18H,4H2,1-3H3. The van der Waals surface area contributed by atoms with Crippen LogP contribution in [-0.2, 0) is 0 Å². The van der Waals surface area contributed by atoms with Crippen LogP contribution in [0.25, 0.3) is 16.6 Å². The summed E-state index contributed by atoms with van der Waals surface area (Å²) < 4.78 is 1.64. The summed E-state index contributed by atoms with van der Waals surface area (Å²) in [5.41, 5.74) is 2.70. The van der Waals surface area contributed by atoms with Gasteiger partial charge in [-0.05, 0) is 68.8 Å². The third-order valence-electron chi connectivity index (χ3n) is 5.69. The molecule has 1 atom stereocenters. The molecule has 1 heterocycles. The fourth-order valence-corrected chi connectivity index (χ4v) is 4.09. The van der Waals surface area contributed by atoms with Gasteiger partial charge >= 0.3 is 0 Å². The molecule has 0 aliphatic rings. The zero-order valence-corrected chi connectivity index (χ0v) is 19.0. The molecule has 0 radical (unpaired) electrons. The molecule has 6 heteroatoms. The van der Waals surface area contributed by atoms with Gasteiger partial charge in [0.15, 0.2) is 0 Å². The van der Waals surface area contributed by atoms with Gasteiger partial charge in [-0.1, -0.05) is 41.9 Å². The van der Waals surface area contributed by atoms with E-state index in [9.17, 15) is 9.59 Å². The van der Waals surface area contributed by atoms with E-state index >= 15 is 0 Å². The molecule has 1 amide bonds. The van der Waals surface area contributed by atoms with Crippen LogP contribution in [0.1, 0.15) is 41.6 Å². The predicted molar refractivity (Wildman–Crippen MR) is 129 cm³/mol. The second-order valence-electron chi connectivity index (χ2n) is 7.69. The first-order valence-electron chi connectivity index (χ1n) is 10.6. The van der Waals surface area contributed by atoms with Crippen molar-refractivity contribution >= 4 is 28.4 Å². The lowest BCUT2D eigenvalue weighted by Gasteiger charge is -2.30. The van der Waals surface area contributed by atoms with Crippen molar-refractivity contribution in [1.82, 2.24) is 14.5 Å². The minimum atomic E-state index is -0.444. The number of aryl methyl sites for hydroxylation is 1. The number of rotatable bonds is 5. The fraction of sp³-hybridized carbons (Fsp3) is 0.192. The van der Waals surface area contributed by atoms with Gasteiger partial charge < -0.3 is 4.90 Å². The Labute approximate surface area is 191 Å². The van der Waals surface area contributed by atoms with Crippen LogP contribution in [0.3, 0.4) is 0 Å². The number of hydrogen-bond acceptors (Lipinski definition) is 3. The molecule has 4 rings (SSSR count). The first-order chi connectivity index (χ1) is 15.4. The number of fused-ring (bicyclic) bond motifs is 1. The maximum absolute atomic E-state index is 13.6. The van der Waals surface area contributed by atoms with Gasteiger partial charge in [0.25, 0.3) is 11.5 Å². The van der Waals surface area contributed by atoms with E-state index in [1.165, 1.54) is 0 Å². The molecule has 0 aliphatic heterocycles. The van der Waals surface area contributed by atoms with Crippen LogP contribution < -0.4 is 5.56 Å². The monoisotopic (exact) mass is 445 g/mol. The number of halogens is 1. The first-order valence-corrected chi connectivity index (χ1v) is 10.9. The Morgan fingerprint density at radius 3 is 2.38 bits per heavy atom. The van der Waals surface area contributed by atoms with Gasteiger partial charge in [0.05, 0.1) is 22.6 Å². The summed E-state index contributed by atoms with van der Waals surface area (Å²) >= 11 is 5.99. The van der Waals surface area contributed by atoms with Gasteiger partial charge in [-0.3, -0.25) is 14.2 Å². The first kappa shape index (κ1) is 21.8. The SMILES string of the molecule is CCN(C(=O)c1ccc(Cl)cc1)C(C)c1nc2ccccc2c(=O)n1-c1ccccc1C. The van der Waals surface area contributed by atoms with Gasteiger partial charge in [0, 0.05) is 17.1 Å². The number of benzene rings is 3. The Balaban J connectivity index is 1.91. The van der Waals surface area contributed by atoms with Crippen molar-refractivity contribution in [2.45, 2.75) is 26.8 Å². The number of carbonyl (C=O) groups excluding carboxylic acids is 1. The summed E-state index contributed by atoms with van der Waals surface area (Å²) in [4.78, 5) is 33.5. The smallest absolute Gasteiger partial charge is 0.266 e. The van der Waals surface area contributed by atoms with Crippen molar-refractivity contribution in [2.75, 3.05) is 6.54 Å². The molecule has 0 spiro atoms. The Kier molecular flexibility index (Phi) is 6.10. The maximum atomic E-state index is 13.6.